The van der Waals surface area contributed by atoms with Crippen molar-refractivity contribution in [2.75, 3.05) is 13.1 Å². The SMILES string of the molecule is CCC1(c2ncccn2)CCNCC1.Cl. The average molecular weight is 228 g/mol. The molecular weight excluding hydrogens is 210 g/mol. The first-order valence-corrected chi connectivity index (χ1v) is 5.36. The Kier molecular flexibility index (Phi) is 4.48. The van der Waals surface area contributed by atoms with Crippen LogP contribution in [0.5, 0.6) is 0 Å². The van der Waals surface area contributed by atoms with Crippen molar-refractivity contribution < 1.29 is 0 Å². The fourth-order valence-corrected chi connectivity index (χ4v) is 2.21. The van der Waals surface area contributed by atoms with Gasteiger partial charge in [-0.2, -0.15) is 0 Å². The van der Waals surface area contributed by atoms with Crippen molar-refractivity contribution in [3.05, 3.63) is 24.3 Å². The minimum atomic E-state index is 0. The minimum Gasteiger partial charge on any atom is -0.317 e. The molecule has 1 fully saturated rings. The van der Waals surface area contributed by atoms with Gasteiger partial charge in [-0.1, -0.05) is 6.92 Å². The number of nitrogens with zero attached hydrogens (tertiary/aromatic N) is 2. The van der Waals surface area contributed by atoms with Crippen LogP contribution in [0.2, 0.25) is 0 Å². The van der Waals surface area contributed by atoms with Gasteiger partial charge in [0.15, 0.2) is 0 Å². The van der Waals surface area contributed by atoms with Crippen LogP contribution in [-0.4, -0.2) is 23.1 Å². The van der Waals surface area contributed by atoms with Gasteiger partial charge in [-0.05, 0) is 38.4 Å². The van der Waals surface area contributed by atoms with Gasteiger partial charge in [0.1, 0.15) is 5.82 Å². The molecule has 0 aliphatic carbocycles. The molecule has 1 aliphatic rings. The fraction of sp³-hybridized carbons (Fsp3) is 0.636. The normalized spacial score (nSPS) is 19.3. The molecule has 3 nitrogen and oxygen atoms in total. The van der Waals surface area contributed by atoms with Crippen LogP contribution in [0.25, 0.3) is 0 Å². The lowest BCUT2D eigenvalue weighted by Crippen LogP contribution is -2.40. The third-order valence-corrected chi connectivity index (χ3v) is 3.28. The molecule has 1 saturated heterocycles. The van der Waals surface area contributed by atoms with Gasteiger partial charge in [0, 0.05) is 17.8 Å². The molecule has 2 rings (SSSR count). The Labute approximate surface area is 97.1 Å². The Morgan fingerprint density at radius 1 is 1.27 bits per heavy atom. The highest BCUT2D eigenvalue weighted by Gasteiger charge is 2.34. The molecule has 84 valence electrons. The van der Waals surface area contributed by atoms with Gasteiger partial charge in [-0.3, -0.25) is 0 Å². The van der Waals surface area contributed by atoms with E-state index in [1.54, 1.807) is 0 Å². The maximum atomic E-state index is 4.41. The zero-order chi connectivity index (χ0) is 9.86. The Balaban J connectivity index is 0.00000112. The fourth-order valence-electron chi connectivity index (χ4n) is 2.21. The van der Waals surface area contributed by atoms with E-state index in [2.05, 4.69) is 22.2 Å². The number of rotatable bonds is 2. The molecule has 0 bridgehead atoms. The predicted octanol–water partition coefficient (Wildman–Crippen LogP) is 1.93. The second-order valence-electron chi connectivity index (χ2n) is 3.96. The molecule has 2 heterocycles. The largest absolute Gasteiger partial charge is 0.317 e. The van der Waals surface area contributed by atoms with E-state index in [0.29, 0.717) is 0 Å². The zero-order valence-electron chi connectivity index (χ0n) is 9.07. The first-order valence-electron chi connectivity index (χ1n) is 5.36. The number of nitrogens with one attached hydrogen (secondary N) is 1. The highest BCUT2D eigenvalue weighted by Crippen LogP contribution is 2.33. The van der Waals surface area contributed by atoms with E-state index in [1.165, 1.54) is 0 Å². The monoisotopic (exact) mass is 227 g/mol. The van der Waals surface area contributed by atoms with Gasteiger partial charge in [0.05, 0.1) is 0 Å². The van der Waals surface area contributed by atoms with Crippen molar-refractivity contribution in [1.82, 2.24) is 15.3 Å². The predicted molar refractivity (Wildman–Crippen MR) is 63.4 cm³/mol. The van der Waals surface area contributed by atoms with E-state index < -0.39 is 0 Å². The van der Waals surface area contributed by atoms with E-state index in [-0.39, 0.29) is 17.8 Å². The molecule has 0 radical (unpaired) electrons. The third-order valence-electron chi connectivity index (χ3n) is 3.28. The van der Waals surface area contributed by atoms with Gasteiger partial charge in [-0.15, -0.1) is 12.4 Å². The number of hydrogen-bond donors (Lipinski definition) is 1. The molecule has 1 aliphatic heterocycles. The van der Waals surface area contributed by atoms with E-state index in [9.17, 15) is 0 Å². The molecule has 1 N–H and O–H groups in total. The van der Waals surface area contributed by atoms with E-state index in [4.69, 9.17) is 0 Å². The van der Waals surface area contributed by atoms with E-state index >= 15 is 0 Å². The standard InChI is InChI=1S/C11H17N3.ClH/c1-2-11(4-8-12-9-5-11)10-13-6-3-7-14-10;/h3,6-7,12H,2,4-5,8-9H2,1H3;1H. The zero-order valence-corrected chi connectivity index (χ0v) is 9.89. The molecule has 1 aromatic heterocycles. The molecule has 0 saturated carbocycles. The highest BCUT2D eigenvalue weighted by atomic mass is 35.5. The quantitative estimate of drug-likeness (QED) is 0.839. The van der Waals surface area contributed by atoms with Crippen LogP contribution < -0.4 is 5.32 Å². The smallest absolute Gasteiger partial charge is 0.134 e. The molecular formula is C11H18ClN3. The van der Waals surface area contributed by atoms with Crippen molar-refractivity contribution in [2.45, 2.75) is 31.6 Å². The highest BCUT2D eigenvalue weighted by molar-refractivity contribution is 5.85. The van der Waals surface area contributed by atoms with Crippen molar-refractivity contribution >= 4 is 12.4 Å². The lowest BCUT2D eigenvalue weighted by molar-refractivity contribution is 0.282. The van der Waals surface area contributed by atoms with E-state index in [1.807, 2.05) is 18.5 Å². The first-order chi connectivity index (χ1) is 6.87. The summed E-state index contributed by atoms with van der Waals surface area (Å²) in [7, 11) is 0. The van der Waals surface area contributed by atoms with Gasteiger partial charge in [0.25, 0.3) is 0 Å². The van der Waals surface area contributed by atoms with E-state index in [0.717, 1.165) is 38.2 Å². The molecule has 4 heteroatoms. The lowest BCUT2D eigenvalue weighted by Gasteiger charge is -2.35. The number of aromatic nitrogens is 2. The lowest BCUT2D eigenvalue weighted by atomic mass is 9.76. The molecule has 15 heavy (non-hydrogen) atoms. The second-order valence-corrected chi connectivity index (χ2v) is 3.96. The topological polar surface area (TPSA) is 37.8 Å². The number of halogens is 1. The Morgan fingerprint density at radius 3 is 2.40 bits per heavy atom. The van der Waals surface area contributed by atoms with Crippen LogP contribution in [0.1, 0.15) is 32.0 Å². The minimum absolute atomic E-state index is 0. The van der Waals surface area contributed by atoms with Crippen molar-refractivity contribution in [2.24, 2.45) is 0 Å². The molecule has 0 atom stereocenters. The van der Waals surface area contributed by atoms with Crippen LogP contribution >= 0.6 is 12.4 Å². The van der Waals surface area contributed by atoms with Crippen LogP contribution in [0.15, 0.2) is 18.5 Å². The van der Waals surface area contributed by atoms with Crippen molar-refractivity contribution in [3.63, 3.8) is 0 Å². The summed E-state index contributed by atoms with van der Waals surface area (Å²) in [6.07, 6.45) is 7.16. The molecule has 0 amide bonds. The second kappa shape index (κ2) is 5.42. The summed E-state index contributed by atoms with van der Waals surface area (Å²) < 4.78 is 0. The van der Waals surface area contributed by atoms with Crippen LogP contribution in [0.3, 0.4) is 0 Å². The first kappa shape index (κ1) is 12.4. The summed E-state index contributed by atoms with van der Waals surface area (Å²) in [5, 5.41) is 3.39. The third kappa shape index (κ3) is 2.47. The van der Waals surface area contributed by atoms with Crippen LogP contribution in [-0.2, 0) is 5.41 Å². The maximum Gasteiger partial charge on any atom is 0.134 e. The van der Waals surface area contributed by atoms with Crippen molar-refractivity contribution in [3.8, 4) is 0 Å². The average Bonchev–Trinajstić information content (AvgIpc) is 2.31. The van der Waals surface area contributed by atoms with Gasteiger partial charge in [-0.25, -0.2) is 9.97 Å². The Hall–Kier alpha value is -0.670. The molecule has 1 aromatic rings. The van der Waals surface area contributed by atoms with Crippen molar-refractivity contribution in [1.29, 1.82) is 0 Å². The van der Waals surface area contributed by atoms with Gasteiger partial charge in [0.2, 0.25) is 0 Å². The Bertz CT molecular complexity index is 283. The molecule has 0 spiro atoms. The summed E-state index contributed by atoms with van der Waals surface area (Å²) >= 11 is 0. The Morgan fingerprint density at radius 2 is 1.87 bits per heavy atom. The van der Waals surface area contributed by atoms with Gasteiger partial charge >= 0.3 is 0 Å². The maximum absolute atomic E-state index is 4.41. The molecule has 0 aromatic carbocycles. The summed E-state index contributed by atoms with van der Waals surface area (Å²) in [6, 6.07) is 1.88. The van der Waals surface area contributed by atoms with Gasteiger partial charge < -0.3 is 5.32 Å². The summed E-state index contributed by atoms with van der Waals surface area (Å²) in [5.41, 5.74) is 0.229. The van der Waals surface area contributed by atoms with Crippen LogP contribution in [0.4, 0.5) is 0 Å². The number of piperidine rings is 1. The van der Waals surface area contributed by atoms with Crippen LogP contribution in [0, 0.1) is 0 Å². The summed E-state index contributed by atoms with van der Waals surface area (Å²) in [6.45, 7) is 4.42. The summed E-state index contributed by atoms with van der Waals surface area (Å²) in [4.78, 5) is 8.81. The summed E-state index contributed by atoms with van der Waals surface area (Å²) in [5.74, 6) is 1.03. The number of hydrogen-bond acceptors (Lipinski definition) is 3. The molecule has 0 unspecified atom stereocenters.